The van der Waals surface area contributed by atoms with Crippen LogP contribution in [0, 0.1) is 0 Å². The van der Waals surface area contributed by atoms with Crippen LogP contribution in [0.4, 0.5) is 0 Å². The van der Waals surface area contributed by atoms with Crippen molar-refractivity contribution in [1.82, 2.24) is 14.5 Å². The molecule has 4 nitrogen and oxygen atoms in total. The van der Waals surface area contributed by atoms with Crippen molar-refractivity contribution in [3.05, 3.63) is 139 Å². The molecule has 3 aromatic heterocycles. The molecule has 1 aliphatic carbocycles. The van der Waals surface area contributed by atoms with E-state index in [1.165, 1.54) is 32.8 Å². The van der Waals surface area contributed by atoms with E-state index in [0.29, 0.717) is 5.95 Å². The smallest absolute Gasteiger partial charge is 0.235 e. The molecule has 0 amide bonds. The number of benzene rings is 6. The lowest BCUT2D eigenvalue weighted by Gasteiger charge is -2.21. The first kappa shape index (κ1) is 24.7. The lowest BCUT2D eigenvalue weighted by atomic mass is 9.80. The molecular formula is C41H27N3O. The van der Waals surface area contributed by atoms with Crippen LogP contribution < -0.4 is 0 Å². The van der Waals surface area contributed by atoms with Gasteiger partial charge in [-0.15, -0.1) is 0 Å². The zero-order chi connectivity index (χ0) is 29.9. The first-order valence-corrected chi connectivity index (χ1v) is 15.4. The second kappa shape index (κ2) is 8.67. The molecule has 45 heavy (non-hydrogen) atoms. The fraction of sp³-hybridized carbons (Fsp3) is 0.0732. The highest BCUT2D eigenvalue weighted by atomic mass is 16.3. The number of furan rings is 1. The minimum Gasteiger partial charge on any atom is -0.453 e. The predicted molar refractivity (Wildman–Crippen MR) is 184 cm³/mol. The number of fused-ring (bicyclic) bond motifs is 13. The largest absolute Gasteiger partial charge is 0.453 e. The highest BCUT2D eigenvalue weighted by molar-refractivity contribution is 6.32. The van der Waals surface area contributed by atoms with Gasteiger partial charge in [-0.2, -0.15) is 0 Å². The van der Waals surface area contributed by atoms with Crippen molar-refractivity contribution in [3.63, 3.8) is 0 Å². The topological polar surface area (TPSA) is 43.9 Å². The van der Waals surface area contributed by atoms with E-state index in [9.17, 15) is 0 Å². The molecule has 0 saturated carbocycles. The van der Waals surface area contributed by atoms with Gasteiger partial charge >= 0.3 is 0 Å². The first-order valence-electron chi connectivity index (χ1n) is 15.4. The summed E-state index contributed by atoms with van der Waals surface area (Å²) in [5, 5.41) is 6.92. The van der Waals surface area contributed by atoms with Gasteiger partial charge in [0.2, 0.25) is 5.95 Å². The average Bonchev–Trinajstić information content (AvgIpc) is 3.72. The predicted octanol–water partition coefficient (Wildman–Crippen LogP) is 10.6. The van der Waals surface area contributed by atoms with Crippen LogP contribution in [-0.2, 0) is 5.41 Å². The van der Waals surface area contributed by atoms with Crippen molar-refractivity contribution in [2.75, 3.05) is 0 Å². The Hall–Kier alpha value is -5.74. The Bertz CT molecular complexity index is 2680. The number of aromatic nitrogens is 3. The summed E-state index contributed by atoms with van der Waals surface area (Å²) in [6.45, 7) is 4.64. The summed E-state index contributed by atoms with van der Waals surface area (Å²) in [5.74, 6) is 1.59. The van der Waals surface area contributed by atoms with Crippen LogP contribution in [-0.4, -0.2) is 14.5 Å². The molecule has 0 radical (unpaired) electrons. The number of nitrogens with zero attached hydrogens (tertiary/aromatic N) is 3. The van der Waals surface area contributed by atoms with Crippen LogP contribution in [0.2, 0.25) is 0 Å². The van der Waals surface area contributed by atoms with Crippen molar-refractivity contribution in [2.24, 2.45) is 0 Å². The number of hydrogen-bond donors (Lipinski definition) is 0. The number of hydrogen-bond acceptors (Lipinski definition) is 3. The number of rotatable bonds is 2. The van der Waals surface area contributed by atoms with Gasteiger partial charge in [-0.1, -0.05) is 129 Å². The fourth-order valence-electron chi connectivity index (χ4n) is 7.84. The van der Waals surface area contributed by atoms with E-state index in [4.69, 9.17) is 14.4 Å². The van der Waals surface area contributed by atoms with Gasteiger partial charge in [0, 0.05) is 43.7 Å². The van der Waals surface area contributed by atoms with E-state index < -0.39 is 0 Å². The Morgan fingerprint density at radius 1 is 0.600 bits per heavy atom. The molecule has 0 spiro atoms. The molecule has 0 N–H and O–H groups in total. The standard InChI is InChI=1S/C41H27N3O/c1-41(2)30-21-11-8-18-27(30)38-35(41)34-26-17-7-6-16-25(26)33-29-20-10-13-23-32(29)44(37(33)39(34)45-38)40-42-31-22-12-9-19-28(31)36(43-40)24-14-4-3-5-15-24/h3-23H,1-2H3. The molecule has 4 heteroatoms. The van der Waals surface area contributed by atoms with Gasteiger partial charge in [-0.25, -0.2) is 9.97 Å². The van der Waals surface area contributed by atoms with Gasteiger partial charge in [-0.3, -0.25) is 4.57 Å². The van der Waals surface area contributed by atoms with E-state index in [1.807, 2.05) is 12.1 Å². The lowest BCUT2D eigenvalue weighted by molar-refractivity contribution is 0.620. The number of para-hydroxylation sites is 2. The lowest BCUT2D eigenvalue weighted by Crippen LogP contribution is -2.14. The van der Waals surface area contributed by atoms with Crippen molar-refractivity contribution < 1.29 is 4.42 Å². The molecule has 0 unspecified atom stereocenters. The zero-order valence-electron chi connectivity index (χ0n) is 24.9. The molecule has 0 fully saturated rings. The Labute approximate surface area is 259 Å². The average molecular weight is 578 g/mol. The van der Waals surface area contributed by atoms with Crippen molar-refractivity contribution >= 4 is 54.5 Å². The molecule has 0 atom stereocenters. The molecular weight excluding hydrogens is 550 g/mol. The maximum Gasteiger partial charge on any atom is 0.235 e. The van der Waals surface area contributed by atoms with Crippen LogP contribution >= 0.6 is 0 Å². The van der Waals surface area contributed by atoms with Gasteiger partial charge < -0.3 is 4.42 Å². The third-order valence-electron chi connectivity index (χ3n) is 9.77. The highest BCUT2D eigenvalue weighted by Gasteiger charge is 2.41. The minimum atomic E-state index is -0.218. The highest BCUT2D eigenvalue weighted by Crippen LogP contribution is 2.56. The third-order valence-corrected chi connectivity index (χ3v) is 9.77. The molecule has 10 rings (SSSR count). The molecule has 6 aromatic carbocycles. The van der Waals surface area contributed by atoms with Crippen molar-refractivity contribution in [2.45, 2.75) is 19.3 Å². The maximum atomic E-state index is 7.11. The first-order chi connectivity index (χ1) is 22.1. The van der Waals surface area contributed by atoms with Crippen LogP contribution in [0.25, 0.3) is 83.0 Å². The van der Waals surface area contributed by atoms with E-state index in [0.717, 1.165) is 55.3 Å². The van der Waals surface area contributed by atoms with Crippen LogP contribution in [0.5, 0.6) is 0 Å². The monoisotopic (exact) mass is 577 g/mol. The van der Waals surface area contributed by atoms with E-state index in [2.05, 4.69) is 134 Å². The Morgan fingerprint density at radius 2 is 1.24 bits per heavy atom. The Morgan fingerprint density at radius 3 is 2.07 bits per heavy atom. The SMILES string of the molecule is CC1(C)c2ccccc2-c2oc3c(c21)c1ccccc1c1c2ccccc2n(-c2nc(-c4ccccc4)c4ccccc4n2)c31. The zero-order valence-corrected chi connectivity index (χ0v) is 24.9. The molecule has 9 aromatic rings. The van der Waals surface area contributed by atoms with Crippen molar-refractivity contribution in [3.8, 4) is 28.5 Å². The molecule has 212 valence electrons. The van der Waals surface area contributed by atoms with Gasteiger partial charge in [-0.05, 0) is 28.5 Å². The molecule has 0 saturated heterocycles. The normalized spacial score (nSPS) is 13.7. The third kappa shape index (κ3) is 3.16. The summed E-state index contributed by atoms with van der Waals surface area (Å²) in [5.41, 5.74) is 9.31. The van der Waals surface area contributed by atoms with Crippen LogP contribution in [0.3, 0.4) is 0 Å². The maximum absolute atomic E-state index is 7.11. The Balaban J connectivity index is 1.44. The summed E-state index contributed by atoms with van der Waals surface area (Å²) in [6, 6.07) is 44.7. The van der Waals surface area contributed by atoms with Gasteiger partial charge in [0.1, 0.15) is 11.3 Å². The summed E-state index contributed by atoms with van der Waals surface area (Å²) in [4.78, 5) is 10.6. The summed E-state index contributed by atoms with van der Waals surface area (Å²) < 4.78 is 9.34. The summed E-state index contributed by atoms with van der Waals surface area (Å²) >= 11 is 0. The Kier molecular flexibility index (Phi) is 4.76. The van der Waals surface area contributed by atoms with Crippen LogP contribution in [0.1, 0.15) is 25.0 Å². The molecule has 0 aliphatic heterocycles. The van der Waals surface area contributed by atoms with E-state index >= 15 is 0 Å². The van der Waals surface area contributed by atoms with Gasteiger partial charge in [0.05, 0.1) is 16.7 Å². The second-order valence-corrected chi connectivity index (χ2v) is 12.6. The molecule has 1 aliphatic rings. The van der Waals surface area contributed by atoms with E-state index in [1.54, 1.807) is 0 Å². The molecule has 3 heterocycles. The van der Waals surface area contributed by atoms with Crippen LogP contribution in [0.15, 0.2) is 132 Å². The second-order valence-electron chi connectivity index (χ2n) is 12.6. The molecule has 0 bridgehead atoms. The fourth-order valence-corrected chi connectivity index (χ4v) is 7.84. The quantitative estimate of drug-likeness (QED) is 0.205. The van der Waals surface area contributed by atoms with Gasteiger partial charge in [0.25, 0.3) is 0 Å². The minimum absolute atomic E-state index is 0.218. The van der Waals surface area contributed by atoms with Crippen molar-refractivity contribution in [1.29, 1.82) is 0 Å². The van der Waals surface area contributed by atoms with Gasteiger partial charge in [0.15, 0.2) is 5.58 Å². The van der Waals surface area contributed by atoms with E-state index in [-0.39, 0.29) is 5.41 Å². The summed E-state index contributed by atoms with van der Waals surface area (Å²) in [6.07, 6.45) is 0. The summed E-state index contributed by atoms with van der Waals surface area (Å²) in [7, 11) is 0.